The van der Waals surface area contributed by atoms with Crippen LogP contribution in [0, 0.1) is 0 Å². The summed E-state index contributed by atoms with van der Waals surface area (Å²) < 4.78 is 4.83. The highest BCUT2D eigenvalue weighted by Crippen LogP contribution is 2.17. The van der Waals surface area contributed by atoms with Crippen molar-refractivity contribution in [3.05, 3.63) is 83.9 Å². The van der Waals surface area contributed by atoms with E-state index in [4.69, 9.17) is 4.74 Å². The van der Waals surface area contributed by atoms with E-state index < -0.39 is 17.9 Å². The van der Waals surface area contributed by atoms with Gasteiger partial charge in [0.2, 0.25) is 5.91 Å². The van der Waals surface area contributed by atoms with Gasteiger partial charge in [0.05, 0.1) is 13.7 Å². The fourth-order valence-corrected chi connectivity index (χ4v) is 3.03. The molecule has 0 fully saturated rings. The van der Waals surface area contributed by atoms with E-state index >= 15 is 0 Å². The van der Waals surface area contributed by atoms with E-state index in [1.54, 1.807) is 30.3 Å². The van der Waals surface area contributed by atoms with Gasteiger partial charge >= 0.3 is 5.97 Å². The molecular weight excluding hydrogens is 368 g/mol. The van der Waals surface area contributed by atoms with Gasteiger partial charge in [0.15, 0.2) is 0 Å². The molecule has 3 aromatic rings. The first-order valence-electron chi connectivity index (χ1n) is 9.25. The monoisotopic (exact) mass is 390 g/mol. The quantitative estimate of drug-likeness (QED) is 0.607. The first kappa shape index (κ1) is 20.1. The Kier molecular flexibility index (Phi) is 6.58. The van der Waals surface area contributed by atoms with Gasteiger partial charge in [-0.1, -0.05) is 60.7 Å². The summed E-state index contributed by atoms with van der Waals surface area (Å²) in [6.07, 6.45) is 0.288. The van der Waals surface area contributed by atoms with Crippen molar-refractivity contribution in [3.63, 3.8) is 0 Å². The third kappa shape index (κ3) is 5.42. The molecule has 3 rings (SSSR count). The number of amides is 2. The molecule has 1 atom stereocenters. The number of hydrogen-bond acceptors (Lipinski definition) is 4. The molecular formula is C23H22N2O4. The van der Waals surface area contributed by atoms with Crippen LogP contribution in [0.1, 0.15) is 15.9 Å². The number of esters is 1. The number of benzene rings is 3. The predicted molar refractivity (Wildman–Crippen MR) is 110 cm³/mol. The summed E-state index contributed by atoms with van der Waals surface area (Å²) >= 11 is 0. The highest BCUT2D eigenvalue weighted by atomic mass is 16.5. The van der Waals surface area contributed by atoms with Crippen LogP contribution in [0.5, 0.6) is 0 Å². The molecule has 0 aliphatic carbocycles. The van der Waals surface area contributed by atoms with Crippen LogP contribution in [0.15, 0.2) is 72.8 Å². The Morgan fingerprint density at radius 3 is 2.31 bits per heavy atom. The molecule has 2 amide bonds. The zero-order valence-corrected chi connectivity index (χ0v) is 16.1. The van der Waals surface area contributed by atoms with Crippen LogP contribution in [0.25, 0.3) is 10.8 Å². The Morgan fingerprint density at radius 1 is 0.897 bits per heavy atom. The summed E-state index contributed by atoms with van der Waals surface area (Å²) in [5.74, 6) is -1.36. The molecule has 0 heterocycles. The second-order valence-electron chi connectivity index (χ2n) is 6.58. The van der Waals surface area contributed by atoms with Crippen LogP contribution >= 0.6 is 0 Å². The molecule has 2 N–H and O–H groups in total. The second-order valence-corrected chi connectivity index (χ2v) is 6.58. The van der Waals surface area contributed by atoms with Gasteiger partial charge in [-0.05, 0) is 28.5 Å². The summed E-state index contributed by atoms with van der Waals surface area (Å²) in [6.45, 7) is -0.237. The van der Waals surface area contributed by atoms with Crippen LogP contribution in [-0.4, -0.2) is 37.5 Å². The van der Waals surface area contributed by atoms with Crippen LogP contribution in [-0.2, 0) is 20.7 Å². The van der Waals surface area contributed by atoms with Gasteiger partial charge in [-0.2, -0.15) is 0 Å². The third-order valence-corrected chi connectivity index (χ3v) is 4.52. The normalized spacial score (nSPS) is 11.5. The minimum absolute atomic E-state index is 0.237. The summed E-state index contributed by atoms with van der Waals surface area (Å²) in [7, 11) is 1.28. The lowest BCUT2D eigenvalue weighted by atomic mass is 10.0. The summed E-state index contributed by atoms with van der Waals surface area (Å²) in [5, 5.41) is 7.34. The van der Waals surface area contributed by atoms with Gasteiger partial charge in [-0.3, -0.25) is 9.59 Å². The minimum atomic E-state index is -0.845. The van der Waals surface area contributed by atoms with Gasteiger partial charge in [0.25, 0.3) is 5.91 Å². The zero-order valence-electron chi connectivity index (χ0n) is 16.1. The van der Waals surface area contributed by atoms with Crippen LogP contribution < -0.4 is 10.6 Å². The Hall–Kier alpha value is -3.67. The van der Waals surface area contributed by atoms with Crippen molar-refractivity contribution in [2.24, 2.45) is 0 Å². The smallest absolute Gasteiger partial charge is 0.328 e. The van der Waals surface area contributed by atoms with Gasteiger partial charge in [0, 0.05) is 12.0 Å². The predicted octanol–water partition coefficient (Wildman–Crippen LogP) is 2.47. The molecule has 0 aliphatic rings. The van der Waals surface area contributed by atoms with Gasteiger partial charge in [-0.25, -0.2) is 4.79 Å². The van der Waals surface area contributed by atoms with E-state index in [2.05, 4.69) is 10.6 Å². The number of fused-ring (bicyclic) bond motifs is 1. The summed E-state index contributed by atoms with van der Waals surface area (Å²) in [6, 6.07) is 21.5. The molecule has 6 heteroatoms. The summed E-state index contributed by atoms with van der Waals surface area (Å²) in [5.41, 5.74) is 1.36. The Bertz CT molecular complexity index is 1020. The van der Waals surface area contributed by atoms with Gasteiger partial charge in [-0.15, -0.1) is 0 Å². The molecule has 0 spiro atoms. The van der Waals surface area contributed by atoms with E-state index in [0.717, 1.165) is 16.3 Å². The molecule has 0 aromatic heterocycles. The maximum atomic E-state index is 12.3. The number of nitrogens with one attached hydrogen (secondary N) is 2. The number of hydrogen-bond donors (Lipinski definition) is 2. The maximum absolute atomic E-state index is 12.3. The van der Waals surface area contributed by atoms with Gasteiger partial charge in [0.1, 0.15) is 6.04 Å². The molecule has 0 saturated carbocycles. The molecule has 0 bridgehead atoms. The van der Waals surface area contributed by atoms with Crippen LogP contribution in [0.3, 0.4) is 0 Å². The highest BCUT2D eigenvalue weighted by molar-refractivity contribution is 5.96. The molecule has 6 nitrogen and oxygen atoms in total. The van der Waals surface area contributed by atoms with E-state index in [1.807, 2.05) is 42.5 Å². The van der Waals surface area contributed by atoms with Crippen molar-refractivity contribution in [1.29, 1.82) is 0 Å². The van der Waals surface area contributed by atoms with Crippen molar-refractivity contribution in [2.75, 3.05) is 13.7 Å². The number of carbonyl (C=O) groups excluding carboxylic acids is 3. The van der Waals surface area contributed by atoms with Crippen LogP contribution in [0.4, 0.5) is 0 Å². The molecule has 0 radical (unpaired) electrons. The highest BCUT2D eigenvalue weighted by Gasteiger charge is 2.22. The average molecular weight is 390 g/mol. The van der Waals surface area contributed by atoms with Crippen LogP contribution in [0.2, 0.25) is 0 Å². The van der Waals surface area contributed by atoms with Crippen molar-refractivity contribution in [3.8, 4) is 0 Å². The van der Waals surface area contributed by atoms with E-state index in [-0.39, 0.29) is 18.9 Å². The standard InChI is InChI=1S/C23H22N2O4/c1-29-23(28)20(14-16-11-12-17-7-5-6-10-19(17)13-16)25-21(26)15-24-22(27)18-8-3-2-4-9-18/h2-13,20H,14-15H2,1H3,(H,24,27)(H,25,26)/t20-/m0/s1. The second kappa shape index (κ2) is 9.50. The maximum Gasteiger partial charge on any atom is 0.328 e. The molecule has 0 unspecified atom stereocenters. The van der Waals surface area contributed by atoms with E-state index in [0.29, 0.717) is 5.56 Å². The zero-order chi connectivity index (χ0) is 20.6. The fourth-order valence-electron chi connectivity index (χ4n) is 3.03. The van der Waals surface area contributed by atoms with Crippen molar-refractivity contribution >= 4 is 28.6 Å². The van der Waals surface area contributed by atoms with E-state index in [1.165, 1.54) is 7.11 Å². The Labute approximate surface area is 168 Å². The molecule has 29 heavy (non-hydrogen) atoms. The van der Waals surface area contributed by atoms with Crippen molar-refractivity contribution in [1.82, 2.24) is 10.6 Å². The van der Waals surface area contributed by atoms with Crippen molar-refractivity contribution < 1.29 is 19.1 Å². The topological polar surface area (TPSA) is 84.5 Å². The number of methoxy groups -OCH3 is 1. The number of carbonyl (C=O) groups is 3. The molecule has 0 aliphatic heterocycles. The number of ether oxygens (including phenoxy) is 1. The first-order chi connectivity index (χ1) is 14.1. The van der Waals surface area contributed by atoms with Crippen molar-refractivity contribution in [2.45, 2.75) is 12.5 Å². The van der Waals surface area contributed by atoms with Gasteiger partial charge < -0.3 is 15.4 Å². The Balaban J connectivity index is 1.62. The lowest BCUT2D eigenvalue weighted by Crippen LogP contribution is -2.47. The largest absolute Gasteiger partial charge is 0.467 e. The third-order valence-electron chi connectivity index (χ3n) is 4.52. The number of rotatable bonds is 7. The van der Waals surface area contributed by atoms with E-state index in [9.17, 15) is 14.4 Å². The minimum Gasteiger partial charge on any atom is -0.467 e. The Morgan fingerprint density at radius 2 is 1.59 bits per heavy atom. The lowest BCUT2D eigenvalue weighted by molar-refractivity contribution is -0.144. The SMILES string of the molecule is COC(=O)[C@H](Cc1ccc2ccccc2c1)NC(=O)CNC(=O)c1ccccc1. The summed E-state index contributed by atoms with van der Waals surface area (Å²) in [4.78, 5) is 36.5. The molecule has 0 saturated heterocycles. The molecule has 3 aromatic carbocycles. The first-order valence-corrected chi connectivity index (χ1v) is 9.25. The fraction of sp³-hybridized carbons (Fsp3) is 0.174. The lowest BCUT2D eigenvalue weighted by Gasteiger charge is -2.17. The molecule has 148 valence electrons. The average Bonchev–Trinajstić information content (AvgIpc) is 2.77.